The Morgan fingerprint density at radius 1 is 1.14 bits per heavy atom. The van der Waals surface area contributed by atoms with Gasteiger partial charge in [0.25, 0.3) is 0 Å². The van der Waals surface area contributed by atoms with Gasteiger partial charge in [0.15, 0.2) is 17.3 Å². The van der Waals surface area contributed by atoms with E-state index in [4.69, 9.17) is 11.6 Å². The number of hydrogen-bond donors (Lipinski definition) is 2. The Kier molecular flexibility index (Phi) is 4.83. The molecular formula is C16H16ClNO3. The number of carbonyl (C=O) groups is 1. The van der Waals surface area contributed by atoms with Crippen LogP contribution in [0.3, 0.4) is 0 Å². The Morgan fingerprint density at radius 3 is 2.52 bits per heavy atom. The average molecular weight is 306 g/mol. The van der Waals surface area contributed by atoms with E-state index < -0.39 is 0 Å². The minimum Gasteiger partial charge on any atom is -0.504 e. The average Bonchev–Trinajstić information content (AvgIpc) is 2.44. The third-order valence-electron chi connectivity index (χ3n) is 3.11. The van der Waals surface area contributed by atoms with Crippen molar-refractivity contribution >= 4 is 17.4 Å². The molecule has 0 saturated heterocycles. The molecule has 5 heteroatoms. The highest BCUT2D eigenvalue weighted by molar-refractivity contribution is 6.31. The third kappa shape index (κ3) is 3.97. The lowest BCUT2D eigenvalue weighted by Crippen LogP contribution is -2.25. The van der Waals surface area contributed by atoms with Gasteiger partial charge < -0.3 is 10.2 Å². The van der Waals surface area contributed by atoms with Crippen molar-refractivity contribution < 1.29 is 15.0 Å². The summed E-state index contributed by atoms with van der Waals surface area (Å²) in [5, 5.41) is 19.3. The van der Waals surface area contributed by atoms with Crippen LogP contribution in [0.15, 0.2) is 42.5 Å². The molecule has 4 nitrogen and oxygen atoms in total. The van der Waals surface area contributed by atoms with Crippen LogP contribution in [-0.4, -0.2) is 34.5 Å². The van der Waals surface area contributed by atoms with Gasteiger partial charge in [-0.15, -0.1) is 0 Å². The molecule has 2 aromatic rings. The summed E-state index contributed by atoms with van der Waals surface area (Å²) >= 11 is 6.09. The predicted octanol–water partition coefficient (Wildman–Crippen LogP) is 3.07. The van der Waals surface area contributed by atoms with Crippen molar-refractivity contribution in [3.05, 3.63) is 58.6 Å². The number of carbonyl (C=O) groups excluding carboxylic acids is 1. The molecule has 0 bridgehead atoms. The first-order valence-corrected chi connectivity index (χ1v) is 6.82. The standard InChI is InChI=1S/C16H16ClNO3/c1-18(9-12-4-2-3-5-13(12)17)10-16(21)11-6-7-14(19)15(20)8-11/h2-8,19-20H,9-10H2,1H3. The van der Waals surface area contributed by atoms with Crippen LogP contribution in [0.1, 0.15) is 15.9 Å². The van der Waals surface area contributed by atoms with Gasteiger partial charge in [0.05, 0.1) is 6.54 Å². The van der Waals surface area contributed by atoms with E-state index in [0.717, 1.165) is 5.56 Å². The van der Waals surface area contributed by atoms with Crippen molar-refractivity contribution in [1.29, 1.82) is 0 Å². The van der Waals surface area contributed by atoms with Gasteiger partial charge in [0.2, 0.25) is 0 Å². The first-order chi connectivity index (χ1) is 9.97. The molecule has 0 aromatic heterocycles. The molecule has 2 N–H and O–H groups in total. The SMILES string of the molecule is CN(CC(=O)c1ccc(O)c(O)c1)Cc1ccccc1Cl. The minimum atomic E-state index is -0.297. The van der Waals surface area contributed by atoms with E-state index in [9.17, 15) is 15.0 Å². The number of phenols is 2. The number of ketones is 1. The first kappa shape index (κ1) is 15.4. The Bertz CT molecular complexity index is 658. The largest absolute Gasteiger partial charge is 0.504 e. The van der Waals surface area contributed by atoms with Crippen molar-refractivity contribution in [1.82, 2.24) is 4.90 Å². The highest BCUT2D eigenvalue weighted by Crippen LogP contribution is 2.25. The Morgan fingerprint density at radius 2 is 1.86 bits per heavy atom. The third-order valence-corrected chi connectivity index (χ3v) is 3.48. The molecule has 0 atom stereocenters. The number of benzene rings is 2. The molecule has 0 heterocycles. The Labute approximate surface area is 128 Å². The zero-order chi connectivity index (χ0) is 15.4. The predicted molar refractivity (Wildman–Crippen MR) is 81.9 cm³/mol. The zero-order valence-corrected chi connectivity index (χ0v) is 12.3. The fourth-order valence-electron chi connectivity index (χ4n) is 2.01. The number of Topliss-reactive ketones (excluding diaryl/α,β-unsaturated/α-hetero) is 1. The quantitative estimate of drug-likeness (QED) is 0.658. The van der Waals surface area contributed by atoms with Gasteiger partial charge in [-0.1, -0.05) is 29.8 Å². The normalized spacial score (nSPS) is 10.8. The Balaban J connectivity index is 2.02. The fraction of sp³-hybridized carbons (Fsp3) is 0.188. The van der Waals surface area contributed by atoms with E-state index in [1.165, 1.54) is 18.2 Å². The Hall–Kier alpha value is -2.04. The number of nitrogens with zero attached hydrogens (tertiary/aromatic N) is 1. The zero-order valence-electron chi connectivity index (χ0n) is 11.6. The lowest BCUT2D eigenvalue weighted by Gasteiger charge is -2.16. The molecule has 21 heavy (non-hydrogen) atoms. The van der Waals surface area contributed by atoms with E-state index in [1.54, 1.807) is 0 Å². The van der Waals surface area contributed by atoms with Gasteiger partial charge in [-0.3, -0.25) is 9.69 Å². The second-order valence-electron chi connectivity index (χ2n) is 4.89. The topological polar surface area (TPSA) is 60.8 Å². The first-order valence-electron chi connectivity index (χ1n) is 6.44. The van der Waals surface area contributed by atoms with Crippen molar-refractivity contribution in [2.75, 3.05) is 13.6 Å². The molecular weight excluding hydrogens is 290 g/mol. The van der Waals surface area contributed by atoms with Gasteiger partial charge in [-0.25, -0.2) is 0 Å². The maximum Gasteiger partial charge on any atom is 0.176 e. The van der Waals surface area contributed by atoms with Crippen LogP contribution in [0, 0.1) is 0 Å². The maximum absolute atomic E-state index is 12.1. The molecule has 2 rings (SSSR count). The van der Waals surface area contributed by atoms with Crippen LogP contribution in [0.25, 0.3) is 0 Å². The number of hydrogen-bond acceptors (Lipinski definition) is 4. The summed E-state index contributed by atoms with van der Waals surface area (Å²) < 4.78 is 0. The van der Waals surface area contributed by atoms with Gasteiger partial charge >= 0.3 is 0 Å². The van der Waals surface area contributed by atoms with Crippen LogP contribution in [-0.2, 0) is 6.54 Å². The van der Waals surface area contributed by atoms with Gasteiger partial charge in [0, 0.05) is 17.1 Å². The van der Waals surface area contributed by atoms with Gasteiger partial charge in [-0.05, 0) is 36.9 Å². The number of halogens is 1. The summed E-state index contributed by atoms with van der Waals surface area (Å²) in [6.07, 6.45) is 0. The van der Waals surface area contributed by atoms with E-state index in [0.29, 0.717) is 17.1 Å². The van der Waals surface area contributed by atoms with Crippen molar-refractivity contribution in [2.24, 2.45) is 0 Å². The van der Waals surface area contributed by atoms with Crippen molar-refractivity contribution in [2.45, 2.75) is 6.54 Å². The van der Waals surface area contributed by atoms with E-state index in [-0.39, 0.29) is 23.8 Å². The lowest BCUT2D eigenvalue weighted by molar-refractivity contribution is 0.0942. The number of aromatic hydroxyl groups is 2. The molecule has 0 saturated carbocycles. The monoisotopic (exact) mass is 305 g/mol. The van der Waals surface area contributed by atoms with Crippen LogP contribution in [0.4, 0.5) is 0 Å². The van der Waals surface area contributed by atoms with E-state index >= 15 is 0 Å². The van der Waals surface area contributed by atoms with E-state index in [1.807, 2.05) is 36.2 Å². The summed E-state index contributed by atoms with van der Waals surface area (Å²) in [4.78, 5) is 14.0. The fourth-order valence-corrected chi connectivity index (χ4v) is 2.20. The van der Waals surface area contributed by atoms with Gasteiger partial charge in [-0.2, -0.15) is 0 Å². The number of phenolic OH excluding ortho intramolecular Hbond substituents is 2. The number of rotatable bonds is 5. The summed E-state index contributed by atoms with van der Waals surface area (Å²) in [6.45, 7) is 0.741. The summed E-state index contributed by atoms with van der Waals surface area (Å²) in [7, 11) is 1.82. The molecule has 0 fully saturated rings. The van der Waals surface area contributed by atoms with Crippen molar-refractivity contribution in [3.63, 3.8) is 0 Å². The molecule has 0 radical (unpaired) electrons. The van der Waals surface area contributed by atoms with Crippen LogP contribution in [0.5, 0.6) is 11.5 Å². The highest BCUT2D eigenvalue weighted by atomic mass is 35.5. The molecule has 0 aliphatic carbocycles. The summed E-state index contributed by atoms with van der Waals surface area (Å²) in [6, 6.07) is 11.5. The molecule has 0 unspecified atom stereocenters. The molecule has 0 aliphatic heterocycles. The molecule has 0 spiro atoms. The minimum absolute atomic E-state index is 0.139. The highest BCUT2D eigenvalue weighted by Gasteiger charge is 2.12. The van der Waals surface area contributed by atoms with Crippen molar-refractivity contribution in [3.8, 4) is 11.5 Å². The smallest absolute Gasteiger partial charge is 0.176 e. The van der Waals surface area contributed by atoms with Crippen LogP contribution in [0.2, 0.25) is 5.02 Å². The summed E-state index contributed by atoms with van der Waals surface area (Å²) in [5.74, 6) is -0.676. The maximum atomic E-state index is 12.1. The van der Waals surface area contributed by atoms with E-state index in [2.05, 4.69) is 0 Å². The second kappa shape index (κ2) is 6.61. The van der Waals surface area contributed by atoms with Gasteiger partial charge in [0.1, 0.15) is 0 Å². The number of likely N-dealkylation sites (N-methyl/N-ethyl adjacent to an activating group) is 1. The molecule has 0 amide bonds. The summed E-state index contributed by atoms with van der Waals surface area (Å²) in [5.41, 5.74) is 1.30. The second-order valence-corrected chi connectivity index (χ2v) is 5.30. The van der Waals surface area contributed by atoms with Crippen LogP contribution >= 0.6 is 11.6 Å². The lowest BCUT2D eigenvalue weighted by atomic mass is 10.1. The molecule has 2 aromatic carbocycles. The molecule has 110 valence electrons. The molecule has 0 aliphatic rings. The van der Waals surface area contributed by atoms with Crippen LogP contribution < -0.4 is 0 Å².